The number of hydrogen-bond acceptors (Lipinski definition) is 4. The molecule has 3 aromatic carbocycles. The molecule has 2 amide bonds. The average Bonchev–Trinajstić information content (AvgIpc) is 3.00. The minimum atomic E-state index is -4.00. The quantitative estimate of drug-likeness (QED) is 0.516. The van der Waals surface area contributed by atoms with Gasteiger partial charge in [0.1, 0.15) is 4.91 Å². The van der Waals surface area contributed by atoms with Gasteiger partial charge in [0, 0.05) is 16.8 Å². The lowest BCUT2D eigenvalue weighted by molar-refractivity contribution is -0.122. The van der Waals surface area contributed by atoms with Crippen molar-refractivity contribution in [1.29, 1.82) is 0 Å². The van der Waals surface area contributed by atoms with Crippen molar-refractivity contribution in [3.05, 3.63) is 106 Å². The van der Waals surface area contributed by atoms with E-state index in [2.05, 4.69) is 5.32 Å². The molecule has 0 radical (unpaired) electrons. The summed E-state index contributed by atoms with van der Waals surface area (Å²) >= 11 is 0. The molecule has 4 rings (SSSR count). The number of carbonyl (C=O) groups excluding carboxylic acids is 2. The minimum absolute atomic E-state index is 0.0520. The second-order valence-electron chi connectivity index (χ2n) is 8.73. The van der Waals surface area contributed by atoms with Crippen LogP contribution in [0.2, 0.25) is 0 Å². The summed E-state index contributed by atoms with van der Waals surface area (Å²) in [5, 5.41) is 2.92. The molecule has 0 saturated heterocycles. The van der Waals surface area contributed by atoms with Crippen LogP contribution < -0.4 is 5.32 Å². The van der Waals surface area contributed by atoms with Crippen LogP contribution in [0, 0.1) is 13.8 Å². The number of aryl methyl sites for hydroxylation is 3. The lowest BCUT2D eigenvalue weighted by atomic mass is 10.0. The smallest absolute Gasteiger partial charge is 0.268 e. The Morgan fingerprint density at radius 2 is 1.60 bits per heavy atom. The summed E-state index contributed by atoms with van der Waals surface area (Å²) in [6, 6.07) is 19.6. The van der Waals surface area contributed by atoms with Gasteiger partial charge in [-0.3, -0.25) is 9.59 Å². The Morgan fingerprint density at radius 3 is 2.26 bits per heavy atom. The van der Waals surface area contributed by atoms with Gasteiger partial charge in [-0.25, -0.2) is 12.7 Å². The molecule has 1 aliphatic heterocycles. The Kier molecular flexibility index (Phi) is 6.63. The summed E-state index contributed by atoms with van der Waals surface area (Å²) in [5.41, 5.74) is 5.59. The first-order chi connectivity index (χ1) is 16.6. The molecule has 0 aliphatic carbocycles. The second-order valence-corrected chi connectivity index (χ2v) is 10.5. The number of para-hydroxylation sites is 1. The monoisotopic (exact) mass is 488 g/mol. The molecule has 35 heavy (non-hydrogen) atoms. The first kappa shape index (κ1) is 24.4. The highest BCUT2D eigenvalue weighted by Crippen LogP contribution is 2.37. The van der Waals surface area contributed by atoms with E-state index in [1.165, 1.54) is 0 Å². The van der Waals surface area contributed by atoms with Crippen molar-refractivity contribution in [2.75, 3.05) is 5.32 Å². The number of nitrogens with zero attached hydrogens (tertiary/aromatic N) is 1. The maximum absolute atomic E-state index is 13.3. The Bertz CT molecular complexity index is 1450. The van der Waals surface area contributed by atoms with Crippen LogP contribution in [0.25, 0.3) is 4.91 Å². The Balaban J connectivity index is 1.53. The summed E-state index contributed by atoms with van der Waals surface area (Å²) in [6.45, 7) is 7.33. The summed E-state index contributed by atoms with van der Waals surface area (Å²) in [4.78, 5) is 25.7. The van der Waals surface area contributed by atoms with Crippen LogP contribution in [0.1, 0.15) is 52.0 Å². The van der Waals surface area contributed by atoms with Crippen LogP contribution in [0.5, 0.6) is 0 Å². The third kappa shape index (κ3) is 4.64. The predicted octanol–water partition coefficient (Wildman–Crippen LogP) is 5.22. The van der Waals surface area contributed by atoms with Gasteiger partial charge in [0.2, 0.25) is 0 Å². The second kappa shape index (κ2) is 9.50. The number of benzene rings is 3. The van der Waals surface area contributed by atoms with Crippen molar-refractivity contribution in [2.24, 2.45) is 0 Å². The molecular formula is C28H28N2O4S. The SMILES string of the molecule is CCc1ccccc1NC(=O)c1ccc(CN2C(=O)C(C)=C(c3ccc(C)c(C)c3)S2(=O)=O)cc1. The maximum Gasteiger partial charge on any atom is 0.268 e. The summed E-state index contributed by atoms with van der Waals surface area (Å²) < 4.78 is 27.6. The van der Waals surface area contributed by atoms with Gasteiger partial charge in [-0.05, 0) is 73.2 Å². The molecule has 0 atom stereocenters. The number of hydrogen-bond donors (Lipinski definition) is 1. The average molecular weight is 489 g/mol. The molecule has 3 aromatic rings. The Hall–Kier alpha value is -3.71. The molecule has 180 valence electrons. The van der Waals surface area contributed by atoms with E-state index >= 15 is 0 Å². The fraction of sp³-hybridized carbons (Fsp3) is 0.214. The van der Waals surface area contributed by atoms with E-state index in [9.17, 15) is 18.0 Å². The van der Waals surface area contributed by atoms with Crippen LogP contribution >= 0.6 is 0 Å². The van der Waals surface area contributed by atoms with E-state index in [4.69, 9.17) is 0 Å². The zero-order valence-electron chi connectivity index (χ0n) is 20.3. The van der Waals surface area contributed by atoms with Crippen molar-refractivity contribution in [3.8, 4) is 0 Å². The van der Waals surface area contributed by atoms with Gasteiger partial charge < -0.3 is 5.32 Å². The predicted molar refractivity (Wildman–Crippen MR) is 138 cm³/mol. The van der Waals surface area contributed by atoms with Crippen LogP contribution in [0.3, 0.4) is 0 Å². The zero-order chi connectivity index (χ0) is 25.3. The summed E-state index contributed by atoms with van der Waals surface area (Å²) in [5.74, 6) is -0.784. The number of amides is 2. The largest absolute Gasteiger partial charge is 0.322 e. The van der Waals surface area contributed by atoms with E-state index in [0.717, 1.165) is 33.1 Å². The highest BCUT2D eigenvalue weighted by molar-refractivity contribution is 7.99. The van der Waals surface area contributed by atoms with Crippen molar-refractivity contribution in [3.63, 3.8) is 0 Å². The molecule has 0 bridgehead atoms. The highest BCUT2D eigenvalue weighted by atomic mass is 32.2. The maximum atomic E-state index is 13.3. The van der Waals surface area contributed by atoms with E-state index in [-0.39, 0.29) is 22.9 Å². The van der Waals surface area contributed by atoms with Crippen molar-refractivity contribution in [1.82, 2.24) is 4.31 Å². The lowest BCUT2D eigenvalue weighted by Gasteiger charge is -2.17. The fourth-order valence-electron chi connectivity index (χ4n) is 4.17. The lowest BCUT2D eigenvalue weighted by Crippen LogP contribution is -2.30. The molecule has 1 heterocycles. The summed E-state index contributed by atoms with van der Waals surface area (Å²) in [7, 11) is -4.00. The van der Waals surface area contributed by atoms with Gasteiger partial charge in [-0.2, -0.15) is 0 Å². The fourth-order valence-corrected chi connectivity index (χ4v) is 5.97. The first-order valence-electron chi connectivity index (χ1n) is 11.5. The minimum Gasteiger partial charge on any atom is -0.322 e. The van der Waals surface area contributed by atoms with Crippen molar-refractivity contribution in [2.45, 2.75) is 40.7 Å². The number of sulfonamides is 1. The van der Waals surface area contributed by atoms with E-state index in [1.807, 2.05) is 51.1 Å². The highest BCUT2D eigenvalue weighted by Gasteiger charge is 2.42. The van der Waals surface area contributed by atoms with E-state index < -0.39 is 15.9 Å². The Morgan fingerprint density at radius 1 is 0.914 bits per heavy atom. The molecular weight excluding hydrogens is 460 g/mol. The molecule has 0 saturated carbocycles. The number of anilines is 1. The molecule has 1 aliphatic rings. The van der Waals surface area contributed by atoms with Gasteiger partial charge in [-0.15, -0.1) is 0 Å². The molecule has 0 unspecified atom stereocenters. The molecule has 0 aromatic heterocycles. The van der Waals surface area contributed by atoms with Crippen LogP contribution in [-0.4, -0.2) is 24.5 Å². The molecule has 7 heteroatoms. The first-order valence-corrected chi connectivity index (χ1v) is 12.9. The summed E-state index contributed by atoms with van der Waals surface area (Å²) in [6.07, 6.45) is 0.797. The third-order valence-corrected chi connectivity index (χ3v) is 8.33. The molecule has 6 nitrogen and oxygen atoms in total. The van der Waals surface area contributed by atoms with E-state index in [0.29, 0.717) is 16.7 Å². The van der Waals surface area contributed by atoms with Gasteiger partial charge >= 0.3 is 0 Å². The van der Waals surface area contributed by atoms with Crippen LogP contribution in [0.4, 0.5) is 5.69 Å². The van der Waals surface area contributed by atoms with E-state index in [1.54, 1.807) is 43.3 Å². The van der Waals surface area contributed by atoms with Gasteiger partial charge in [-0.1, -0.05) is 55.5 Å². The zero-order valence-corrected chi connectivity index (χ0v) is 21.1. The van der Waals surface area contributed by atoms with Crippen LogP contribution in [0.15, 0.2) is 72.3 Å². The topological polar surface area (TPSA) is 83.6 Å². The molecule has 1 N–H and O–H groups in total. The van der Waals surface area contributed by atoms with Crippen LogP contribution in [-0.2, 0) is 27.8 Å². The Labute approximate surface area is 206 Å². The number of rotatable bonds is 6. The third-order valence-electron chi connectivity index (χ3n) is 6.39. The normalized spacial score (nSPS) is 15.0. The van der Waals surface area contributed by atoms with Crippen molar-refractivity contribution < 1.29 is 18.0 Å². The molecule has 0 fully saturated rings. The van der Waals surface area contributed by atoms with Gasteiger partial charge in [0.05, 0.1) is 6.54 Å². The van der Waals surface area contributed by atoms with Crippen molar-refractivity contribution >= 4 is 32.4 Å². The number of carbonyl (C=O) groups is 2. The molecule has 0 spiro atoms. The number of nitrogens with one attached hydrogen (secondary N) is 1. The standard InChI is InChI=1S/C28H28N2O4S/c1-5-22-8-6-7-9-25(22)29-27(31)23-14-11-21(12-15-23)17-30-28(32)20(4)26(35(30,33)34)24-13-10-18(2)19(3)16-24/h6-16H,5,17H2,1-4H3,(H,29,31). The van der Waals surface area contributed by atoms with Gasteiger partial charge in [0.15, 0.2) is 0 Å². The van der Waals surface area contributed by atoms with Gasteiger partial charge in [0.25, 0.3) is 21.8 Å².